The van der Waals surface area contributed by atoms with E-state index in [9.17, 15) is 4.79 Å². The molecule has 0 radical (unpaired) electrons. The van der Waals surface area contributed by atoms with Crippen molar-refractivity contribution in [2.75, 3.05) is 0 Å². The van der Waals surface area contributed by atoms with Gasteiger partial charge < -0.3 is 19.3 Å². The van der Waals surface area contributed by atoms with Crippen molar-refractivity contribution < 1.29 is 18.8 Å². The summed E-state index contributed by atoms with van der Waals surface area (Å²) in [4.78, 5) is 15.2. The number of rotatable bonds is 7. The number of nitrogens with one attached hydrogen (secondary N) is 1. The van der Waals surface area contributed by atoms with Gasteiger partial charge in [0.2, 0.25) is 17.6 Å². The third-order valence-corrected chi connectivity index (χ3v) is 3.50. The van der Waals surface area contributed by atoms with E-state index in [1.807, 2.05) is 62.4 Å². The van der Waals surface area contributed by atoms with Gasteiger partial charge >= 0.3 is 0 Å². The van der Waals surface area contributed by atoms with E-state index < -0.39 is 0 Å². The molecular formula is C20H21N3O4. The van der Waals surface area contributed by atoms with E-state index in [4.69, 9.17) is 14.0 Å². The number of benzene rings is 2. The lowest BCUT2D eigenvalue weighted by Gasteiger charge is -2.10. The van der Waals surface area contributed by atoms with Crippen molar-refractivity contribution in [3.05, 3.63) is 54.4 Å². The minimum Gasteiger partial charge on any atom is -0.491 e. The van der Waals surface area contributed by atoms with Crippen molar-refractivity contribution in [1.82, 2.24) is 15.5 Å². The monoisotopic (exact) mass is 367 g/mol. The van der Waals surface area contributed by atoms with Gasteiger partial charge in [-0.25, -0.2) is 0 Å². The van der Waals surface area contributed by atoms with Crippen molar-refractivity contribution >= 4 is 5.91 Å². The number of ether oxygens (including phenoxy) is 2. The van der Waals surface area contributed by atoms with Crippen LogP contribution in [0.4, 0.5) is 0 Å². The lowest BCUT2D eigenvalue weighted by Crippen LogP contribution is -2.18. The number of carbonyl (C=O) groups excluding carboxylic acids is 1. The van der Waals surface area contributed by atoms with E-state index in [2.05, 4.69) is 15.5 Å². The Morgan fingerprint density at radius 2 is 1.63 bits per heavy atom. The molecule has 0 bridgehead atoms. The van der Waals surface area contributed by atoms with Crippen LogP contribution >= 0.6 is 0 Å². The van der Waals surface area contributed by atoms with Crippen LogP contribution in [0.25, 0.3) is 11.4 Å². The molecule has 27 heavy (non-hydrogen) atoms. The second-order valence-corrected chi connectivity index (χ2v) is 6.19. The lowest BCUT2D eigenvalue weighted by atomic mass is 10.2. The fourth-order valence-corrected chi connectivity index (χ4v) is 2.31. The molecule has 0 aliphatic rings. The SMILES string of the molecule is CC(=O)NCc1nc(-c2ccc(Oc3ccc(OC(C)C)cc3)cc2)no1. The summed E-state index contributed by atoms with van der Waals surface area (Å²) in [6.07, 6.45) is 0.133. The quantitative estimate of drug-likeness (QED) is 0.680. The molecule has 0 aliphatic heterocycles. The first-order chi connectivity index (χ1) is 13.0. The predicted molar refractivity (Wildman–Crippen MR) is 99.5 cm³/mol. The molecule has 3 aromatic rings. The molecule has 7 heteroatoms. The smallest absolute Gasteiger partial charge is 0.246 e. The molecule has 0 aliphatic carbocycles. The maximum Gasteiger partial charge on any atom is 0.246 e. The molecule has 140 valence electrons. The summed E-state index contributed by atoms with van der Waals surface area (Å²) in [6, 6.07) is 14.8. The normalized spacial score (nSPS) is 10.7. The molecular weight excluding hydrogens is 346 g/mol. The van der Waals surface area contributed by atoms with Gasteiger partial charge in [0, 0.05) is 12.5 Å². The average molecular weight is 367 g/mol. The van der Waals surface area contributed by atoms with E-state index in [1.54, 1.807) is 0 Å². The van der Waals surface area contributed by atoms with Crippen molar-refractivity contribution in [1.29, 1.82) is 0 Å². The van der Waals surface area contributed by atoms with Crippen LogP contribution < -0.4 is 14.8 Å². The van der Waals surface area contributed by atoms with Gasteiger partial charge in [-0.05, 0) is 62.4 Å². The van der Waals surface area contributed by atoms with Crippen LogP contribution in [0.5, 0.6) is 17.2 Å². The largest absolute Gasteiger partial charge is 0.491 e. The van der Waals surface area contributed by atoms with E-state index in [-0.39, 0.29) is 18.6 Å². The second kappa shape index (κ2) is 8.35. The highest BCUT2D eigenvalue weighted by molar-refractivity contribution is 5.72. The Balaban J connectivity index is 1.62. The molecule has 0 unspecified atom stereocenters. The van der Waals surface area contributed by atoms with Crippen molar-refractivity contribution in [3.63, 3.8) is 0 Å². The summed E-state index contributed by atoms with van der Waals surface area (Å²) in [5, 5.41) is 6.53. The number of hydrogen-bond acceptors (Lipinski definition) is 6. The van der Waals surface area contributed by atoms with Crippen molar-refractivity contribution in [2.24, 2.45) is 0 Å². The highest BCUT2D eigenvalue weighted by atomic mass is 16.5. The highest BCUT2D eigenvalue weighted by Gasteiger charge is 2.09. The maximum atomic E-state index is 10.9. The van der Waals surface area contributed by atoms with E-state index >= 15 is 0 Å². The zero-order chi connectivity index (χ0) is 19.2. The second-order valence-electron chi connectivity index (χ2n) is 6.19. The van der Waals surface area contributed by atoms with Crippen LogP contribution in [-0.4, -0.2) is 22.2 Å². The summed E-state index contributed by atoms with van der Waals surface area (Å²) in [7, 11) is 0. The molecule has 0 saturated heterocycles. The standard InChI is InChI=1S/C20H21N3O4/c1-13(2)25-16-8-10-18(11-9-16)26-17-6-4-15(5-7-17)20-22-19(27-23-20)12-21-14(3)24/h4-11,13H,12H2,1-3H3,(H,21,24). The molecule has 1 heterocycles. The fraction of sp³-hybridized carbons (Fsp3) is 0.250. The van der Waals surface area contributed by atoms with Crippen LogP contribution in [0, 0.1) is 0 Å². The molecule has 0 spiro atoms. The number of nitrogens with zero attached hydrogens (tertiary/aromatic N) is 2. The fourth-order valence-electron chi connectivity index (χ4n) is 2.31. The van der Waals surface area contributed by atoms with Crippen LogP contribution in [-0.2, 0) is 11.3 Å². The summed E-state index contributed by atoms with van der Waals surface area (Å²) in [6.45, 7) is 5.61. The Bertz CT molecular complexity index is 886. The Kier molecular flexibility index (Phi) is 5.71. The number of amides is 1. The molecule has 0 fully saturated rings. The molecule has 1 amide bonds. The first kappa shape index (κ1) is 18.4. The first-order valence-corrected chi connectivity index (χ1v) is 8.61. The summed E-state index contributed by atoms with van der Waals surface area (Å²) < 4.78 is 16.6. The minimum absolute atomic E-state index is 0.133. The Hall–Kier alpha value is -3.35. The van der Waals surface area contributed by atoms with Crippen LogP contribution in [0.2, 0.25) is 0 Å². The van der Waals surface area contributed by atoms with Gasteiger partial charge in [-0.3, -0.25) is 4.79 Å². The molecule has 0 atom stereocenters. The Morgan fingerprint density at radius 1 is 1.04 bits per heavy atom. The van der Waals surface area contributed by atoms with Crippen molar-refractivity contribution in [3.8, 4) is 28.6 Å². The van der Waals surface area contributed by atoms with Gasteiger partial charge in [-0.1, -0.05) is 5.16 Å². The molecule has 0 saturated carbocycles. The highest BCUT2D eigenvalue weighted by Crippen LogP contribution is 2.26. The van der Waals surface area contributed by atoms with Gasteiger partial charge in [0.1, 0.15) is 17.2 Å². The van der Waals surface area contributed by atoms with Crippen LogP contribution in [0.1, 0.15) is 26.7 Å². The summed E-state index contributed by atoms with van der Waals surface area (Å²) >= 11 is 0. The third kappa shape index (κ3) is 5.31. The number of aromatic nitrogens is 2. The van der Waals surface area contributed by atoms with Gasteiger partial charge in [0.15, 0.2) is 0 Å². The van der Waals surface area contributed by atoms with Gasteiger partial charge in [0.05, 0.1) is 12.6 Å². The zero-order valence-electron chi connectivity index (χ0n) is 15.4. The van der Waals surface area contributed by atoms with E-state index in [1.165, 1.54) is 6.92 Å². The molecule has 1 aromatic heterocycles. The van der Waals surface area contributed by atoms with Crippen molar-refractivity contribution in [2.45, 2.75) is 33.4 Å². The average Bonchev–Trinajstić information content (AvgIpc) is 3.11. The van der Waals surface area contributed by atoms with Gasteiger partial charge in [0.25, 0.3) is 0 Å². The van der Waals surface area contributed by atoms with E-state index in [0.717, 1.165) is 17.1 Å². The first-order valence-electron chi connectivity index (χ1n) is 8.61. The maximum absolute atomic E-state index is 10.9. The Labute approximate surface area is 157 Å². The van der Waals surface area contributed by atoms with E-state index in [0.29, 0.717) is 17.5 Å². The summed E-state index contributed by atoms with van der Waals surface area (Å²) in [5.74, 6) is 2.87. The molecule has 3 rings (SSSR count). The molecule has 7 nitrogen and oxygen atoms in total. The molecule has 2 aromatic carbocycles. The van der Waals surface area contributed by atoms with Gasteiger partial charge in [-0.15, -0.1) is 0 Å². The minimum atomic E-state index is -0.153. The number of carbonyl (C=O) groups is 1. The van der Waals surface area contributed by atoms with Crippen LogP contribution in [0.3, 0.4) is 0 Å². The van der Waals surface area contributed by atoms with Crippen LogP contribution in [0.15, 0.2) is 53.1 Å². The number of hydrogen-bond donors (Lipinski definition) is 1. The topological polar surface area (TPSA) is 86.5 Å². The van der Waals surface area contributed by atoms with Gasteiger partial charge in [-0.2, -0.15) is 4.98 Å². The lowest BCUT2D eigenvalue weighted by molar-refractivity contribution is -0.119. The molecule has 1 N–H and O–H groups in total. The summed E-state index contributed by atoms with van der Waals surface area (Å²) in [5.41, 5.74) is 0.792. The third-order valence-electron chi connectivity index (χ3n) is 3.50. The Morgan fingerprint density at radius 3 is 2.22 bits per heavy atom. The zero-order valence-corrected chi connectivity index (χ0v) is 15.4. The predicted octanol–water partition coefficient (Wildman–Crippen LogP) is 3.95.